The average molecular weight is 329 g/mol. The maximum absolute atomic E-state index is 5.84. The monoisotopic (exact) mass is 327 g/mol. The lowest BCUT2D eigenvalue weighted by molar-refractivity contribution is 1.38. The van der Waals surface area contributed by atoms with Gasteiger partial charge >= 0.3 is 0 Å². The van der Waals surface area contributed by atoms with Gasteiger partial charge in [-0.2, -0.15) is 0 Å². The normalized spacial score (nSPS) is 10.5. The summed E-state index contributed by atoms with van der Waals surface area (Å²) in [5.74, 6) is 0.902. The molecule has 0 aliphatic heterocycles. The van der Waals surface area contributed by atoms with E-state index in [0.717, 1.165) is 20.9 Å². The highest BCUT2D eigenvalue weighted by molar-refractivity contribution is 9.10. The molecule has 0 amide bonds. The number of hydrogen-bond donors (Lipinski definition) is 1. The van der Waals surface area contributed by atoms with Gasteiger partial charge in [-0.25, -0.2) is 0 Å². The number of anilines is 1. The van der Waals surface area contributed by atoms with Crippen LogP contribution in [0.3, 0.4) is 0 Å². The molecule has 0 saturated heterocycles. The van der Waals surface area contributed by atoms with Crippen LogP contribution in [0, 0.1) is 0 Å². The predicted octanol–water partition coefficient (Wildman–Crippen LogP) is 4.98. The highest BCUT2D eigenvalue weighted by Gasteiger charge is 2.00. The summed E-state index contributed by atoms with van der Waals surface area (Å²) in [5, 5.41) is 0.766. The Balaban J connectivity index is 2.02. The smallest absolute Gasteiger partial charge is 0.0461 e. The highest BCUT2D eigenvalue weighted by atomic mass is 79.9. The number of nitrogen functional groups attached to an aromatic ring is 1. The maximum atomic E-state index is 5.84. The lowest BCUT2D eigenvalue weighted by Gasteiger charge is -2.04. The molecule has 88 valence electrons. The lowest BCUT2D eigenvalue weighted by atomic mass is 10.2. The first-order chi connectivity index (χ1) is 8.15. The van der Waals surface area contributed by atoms with Crippen LogP contribution in [0.15, 0.2) is 51.8 Å². The standard InChI is InChI=1S/C13H11BrClNS/c14-12-6-1-9(7-13(12)16)8-17-11-4-2-10(15)3-5-11/h1-7H,8,16H2. The number of nitrogens with two attached hydrogens (primary N) is 1. The molecular formula is C13H11BrClNS. The van der Waals surface area contributed by atoms with Crippen molar-refractivity contribution in [2.75, 3.05) is 5.73 Å². The molecule has 0 saturated carbocycles. The first-order valence-corrected chi connectivity index (χ1v) is 7.23. The average Bonchev–Trinajstić information content (AvgIpc) is 2.33. The SMILES string of the molecule is Nc1cc(CSc2ccc(Cl)cc2)ccc1Br. The maximum Gasteiger partial charge on any atom is 0.0461 e. The second kappa shape index (κ2) is 5.80. The Hall–Kier alpha value is -0.640. The molecule has 0 atom stereocenters. The molecule has 2 aromatic carbocycles. The van der Waals surface area contributed by atoms with Gasteiger partial charge in [0.05, 0.1) is 0 Å². The summed E-state index contributed by atoms with van der Waals surface area (Å²) >= 11 is 11.0. The summed E-state index contributed by atoms with van der Waals surface area (Å²) in [4.78, 5) is 1.20. The molecule has 2 rings (SSSR count). The van der Waals surface area contributed by atoms with Gasteiger partial charge in [-0.15, -0.1) is 11.8 Å². The van der Waals surface area contributed by atoms with Crippen molar-refractivity contribution in [1.29, 1.82) is 0 Å². The number of hydrogen-bond acceptors (Lipinski definition) is 2. The summed E-state index contributed by atoms with van der Waals surface area (Å²) in [6, 6.07) is 13.9. The molecule has 4 heteroatoms. The molecule has 0 unspecified atom stereocenters. The highest BCUT2D eigenvalue weighted by Crippen LogP contribution is 2.27. The Labute approximate surface area is 118 Å². The van der Waals surface area contributed by atoms with Gasteiger partial charge in [0.15, 0.2) is 0 Å². The fraction of sp³-hybridized carbons (Fsp3) is 0.0769. The van der Waals surface area contributed by atoms with Crippen LogP contribution in [0.2, 0.25) is 5.02 Å². The minimum atomic E-state index is 0.766. The van der Waals surface area contributed by atoms with Crippen molar-refractivity contribution in [2.45, 2.75) is 10.6 Å². The third-order valence-electron chi connectivity index (χ3n) is 2.28. The third-order valence-corrected chi connectivity index (χ3v) is 4.34. The van der Waals surface area contributed by atoms with Crippen molar-refractivity contribution >= 4 is 45.0 Å². The zero-order chi connectivity index (χ0) is 12.3. The Morgan fingerprint density at radius 1 is 1.12 bits per heavy atom. The van der Waals surface area contributed by atoms with Crippen molar-refractivity contribution in [3.63, 3.8) is 0 Å². The van der Waals surface area contributed by atoms with Crippen LogP contribution in [0.25, 0.3) is 0 Å². The van der Waals surface area contributed by atoms with E-state index in [2.05, 4.69) is 22.0 Å². The molecule has 0 aromatic heterocycles. The van der Waals surface area contributed by atoms with Crippen LogP contribution in [0.1, 0.15) is 5.56 Å². The second-order valence-corrected chi connectivity index (χ2v) is 5.94. The molecule has 0 bridgehead atoms. The van der Waals surface area contributed by atoms with Crippen LogP contribution in [0.4, 0.5) is 5.69 Å². The van der Waals surface area contributed by atoms with Crippen molar-refractivity contribution in [2.24, 2.45) is 0 Å². The summed E-state index contributed by atoms with van der Waals surface area (Å²) in [5.41, 5.74) is 7.83. The van der Waals surface area contributed by atoms with Gasteiger partial charge in [-0.05, 0) is 57.9 Å². The quantitative estimate of drug-likeness (QED) is 0.635. The van der Waals surface area contributed by atoms with E-state index in [0.29, 0.717) is 0 Å². The van der Waals surface area contributed by atoms with E-state index in [4.69, 9.17) is 17.3 Å². The molecule has 1 nitrogen and oxygen atoms in total. The van der Waals surface area contributed by atoms with Gasteiger partial charge in [0.25, 0.3) is 0 Å². The van der Waals surface area contributed by atoms with Crippen LogP contribution in [0.5, 0.6) is 0 Å². The Kier molecular flexibility index (Phi) is 4.37. The minimum Gasteiger partial charge on any atom is -0.398 e. The van der Waals surface area contributed by atoms with Crippen LogP contribution in [-0.4, -0.2) is 0 Å². The van der Waals surface area contributed by atoms with E-state index in [1.54, 1.807) is 11.8 Å². The van der Waals surface area contributed by atoms with E-state index in [9.17, 15) is 0 Å². The predicted molar refractivity (Wildman–Crippen MR) is 79.6 cm³/mol. The second-order valence-electron chi connectivity index (χ2n) is 3.60. The summed E-state index contributed by atoms with van der Waals surface area (Å²) in [6.45, 7) is 0. The van der Waals surface area contributed by atoms with Crippen molar-refractivity contribution in [3.05, 3.63) is 57.5 Å². The van der Waals surface area contributed by atoms with E-state index in [-0.39, 0.29) is 0 Å². The van der Waals surface area contributed by atoms with E-state index in [1.165, 1.54) is 10.5 Å². The molecule has 2 N–H and O–H groups in total. The molecule has 0 heterocycles. The minimum absolute atomic E-state index is 0.766. The molecular weight excluding hydrogens is 318 g/mol. The molecule has 0 aliphatic carbocycles. The first kappa shape index (κ1) is 12.8. The van der Waals surface area contributed by atoms with E-state index in [1.807, 2.05) is 36.4 Å². The van der Waals surface area contributed by atoms with Gasteiger partial charge in [0.2, 0.25) is 0 Å². The Morgan fingerprint density at radius 2 is 1.82 bits per heavy atom. The van der Waals surface area contributed by atoms with Gasteiger partial charge in [-0.1, -0.05) is 17.7 Å². The van der Waals surface area contributed by atoms with Crippen LogP contribution in [-0.2, 0) is 5.75 Å². The lowest BCUT2D eigenvalue weighted by Crippen LogP contribution is -1.89. The Morgan fingerprint density at radius 3 is 2.47 bits per heavy atom. The van der Waals surface area contributed by atoms with Gasteiger partial charge in [-0.3, -0.25) is 0 Å². The summed E-state index contributed by atoms with van der Waals surface area (Å²) < 4.78 is 0.942. The van der Waals surface area contributed by atoms with E-state index < -0.39 is 0 Å². The fourth-order valence-corrected chi connectivity index (χ4v) is 2.59. The van der Waals surface area contributed by atoms with Gasteiger partial charge in [0.1, 0.15) is 0 Å². The molecule has 2 aromatic rings. The fourth-order valence-electron chi connectivity index (χ4n) is 1.38. The van der Waals surface area contributed by atoms with Crippen LogP contribution < -0.4 is 5.73 Å². The Bertz CT molecular complexity index is 513. The molecule has 0 spiro atoms. The van der Waals surface area contributed by atoms with Crippen molar-refractivity contribution in [3.8, 4) is 0 Å². The summed E-state index contributed by atoms with van der Waals surface area (Å²) in [7, 11) is 0. The molecule has 0 fully saturated rings. The zero-order valence-corrected chi connectivity index (χ0v) is 12.1. The molecule has 0 aliphatic rings. The molecule has 0 radical (unpaired) electrons. The number of thioether (sulfide) groups is 1. The van der Waals surface area contributed by atoms with Crippen molar-refractivity contribution in [1.82, 2.24) is 0 Å². The van der Waals surface area contributed by atoms with E-state index >= 15 is 0 Å². The van der Waals surface area contributed by atoms with Gasteiger partial charge < -0.3 is 5.73 Å². The zero-order valence-electron chi connectivity index (χ0n) is 8.99. The summed E-state index contributed by atoms with van der Waals surface area (Å²) in [6.07, 6.45) is 0. The topological polar surface area (TPSA) is 26.0 Å². The largest absolute Gasteiger partial charge is 0.398 e. The number of halogens is 2. The first-order valence-electron chi connectivity index (χ1n) is 5.07. The number of rotatable bonds is 3. The van der Waals surface area contributed by atoms with Crippen LogP contribution >= 0.6 is 39.3 Å². The number of benzene rings is 2. The van der Waals surface area contributed by atoms with Crippen molar-refractivity contribution < 1.29 is 0 Å². The van der Waals surface area contributed by atoms with Gasteiger partial charge in [0, 0.05) is 25.8 Å². The molecule has 17 heavy (non-hydrogen) atoms. The third kappa shape index (κ3) is 3.66.